The number of allylic oxidation sites excluding steroid dienone is 28. The first kappa shape index (κ1) is 23.4. The van der Waals surface area contributed by atoms with Crippen molar-refractivity contribution in [1.29, 1.82) is 0 Å². The Bertz CT molecular complexity index is 747. The Morgan fingerprint density at radius 2 is 0.310 bits per heavy atom. The lowest BCUT2D eigenvalue weighted by Gasteiger charge is -1.79. The van der Waals surface area contributed by atoms with Crippen molar-refractivity contribution in [1.82, 2.24) is 0 Å². The monoisotopic (exact) mass is 378 g/mol. The van der Waals surface area contributed by atoms with Crippen LogP contribution in [-0.4, -0.2) is 0 Å². The summed E-state index contributed by atoms with van der Waals surface area (Å²) >= 11 is 0. The molecule has 0 fully saturated rings. The van der Waals surface area contributed by atoms with Gasteiger partial charge in [-0.3, -0.25) is 0 Å². The molecule has 0 heteroatoms. The van der Waals surface area contributed by atoms with E-state index in [9.17, 15) is 0 Å². The molecule has 0 saturated heterocycles. The van der Waals surface area contributed by atoms with Crippen molar-refractivity contribution >= 4 is 0 Å². The van der Waals surface area contributed by atoms with Gasteiger partial charge in [0.2, 0.25) is 0 Å². The van der Waals surface area contributed by atoms with Gasteiger partial charge in [-0.05, 0) is 6.42 Å². The molecule has 1 rings (SSSR count). The van der Waals surface area contributed by atoms with Gasteiger partial charge in [0.15, 0.2) is 0 Å². The van der Waals surface area contributed by atoms with Gasteiger partial charge in [0.1, 0.15) is 0 Å². The van der Waals surface area contributed by atoms with Crippen LogP contribution in [0.5, 0.6) is 0 Å². The standard InChI is InChI=1S/C29H30/c1-2-4-6-8-10-12-14-16-18-20-22-24-26-28-29-27-25-23-21-19-17-15-13-11-9-7-5-3-1/h1-28H,29H2/b3-1-,4-2+,7-5-,8-6-,11-9-,12-10-,15-13-,16-14-,19-17-,20-18-,23-21-,24-22-,27-25?,28-26-. The molecule has 0 spiro atoms. The van der Waals surface area contributed by atoms with Crippen molar-refractivity contribution in [3.63, 3.8) is 0 Å². The van der Waals surface area contributed by atoms with Crippen molar-refractivity contribution < 1.29 is 0 Å². The maximum atomic E-state index is 2.12. The molecule has 0 radical (unpaired) electrons. The maximum Gasteiger partial charge on any atom is -0.0163 e. The van der Waals surface area contributed by atoms with E-state index in [1.807, 2.05) is 146 Å². The molecule has 29 heavy (non-hydrogen) atoms. The average molecular weight is 379 g/mol. The normalized spacial score (nSPS) is 30.6. The first-order chi connectivity index (χ1) is 14.5. The minimum atomic E-state index is 0.920. The molecule has 0 N–H and O–H groups in total. The number of rotatable bonds is 0. The summed E-state index contributed by atoms with van der Waals surface area (Å²) in [5.41, 5.74) is 0. The van der Waals surface area contributed by atoms with E-state index >= 15 is 0 Å². The summed E-state index contributed by atoms with van der Waals surface area (Å²) in [5, 5.41) is 0. The van der Waals surface area contributed by atoms with Crippen molar-refractivity contribution in [3.05, 3.63) is 170 Å². The second-order valence-corrected chi connectivity index (χ2v) is 5.71. The van der Waals surface area contributed by atoms with Crippen LogP contribution in [0, 0.1) is 0 Å². The molecule has 0 nitrogen and oxygen atoms in total. The molecular weight excluding hydrogens is 348 g/mol. The van der Waals surface area contributed by atoms with E-state index in [1.54, 1.807) is 0 Å². The van der Waals surface area contributed by atoms with Gasteiger partial charge in [-0.1, -0.05) is 170 Å². The smallest absolute Gasteiger partial charge is 0.0163 e. The molecule has 1 aliphatic carbocycles. The third-order valence-electron chi connectivity index (χ3n) is 3.32. The number of hydrogen-bond donors (Lipinski definition) is 0. The SMILES string of the molecule is C1=CC\C=C/C=C\C=C/C=C\C=C/C=C\C=C\C=C/C=C\C=C/C=C\C=C/C=C\1. The topological polar surface area (TPSA) is 0 Å². The van der Waals surface area contributed by atoms with E-state index in [1.165, 1.54) is 0 Å². The van der Waals surface area contributed by atoms with Crippen LogP contribution in [0.1, 0.15) is 6.42 Å². The first-order valence-electron chi connectivity index (χ1n) is 9.82. The van der Waals surface area contributed by atoms with Crippen LogP contribution in [0.4, 0.5) is 0 Å². The molecule has 0 aliphatic heterocycles. The highest BCUT2D eigenvalue weighted by molar-refractivity contribution is 5.24. The molecule has 0 aromatic carbocycles. The predicted octanol–water partition coefficient (Wildman–Crippen LogP) is 8.18. The molecule has 0 heterocycles. The van der Waals surface area contributed by atoms with Gasteiger partial charge in [0.05, 0.1) is 0 Å². The van der Waals surface area contributed by atoms with Gasteiger partial charge in [-0.2, -0.15) is 0 Å². The molecule has 146 valence electrons. The molecule has 0 atom stereocenters. The van der Waals surface area contributed by atoms with Gasteiger partial charge in [-0.15, -0.1) is 0 Å². The molecule has 0 bridgehead atoms. The third kappa shape index (κ3) is 18.9. The van der Waals surface area contributed by atoms with Gasteiger partial charge >= 0.3 is 0 Å². The minimum Gasteiger partial charge on any atom is -0.0807 e. The highest BCUT2D eigenvalue weighted by Gasteiger charge is 1.69. The average Bonchev–Trinajstić information content (AvgIpc) is 2.73. The quantitative estimate of drug-likeness (QED) is 0.398. The van der Waals surface area contributed by atoms with Gasteiger partial charge in [0, 0.05) is 0 Å². The largest absolute Gasteiger partial charge is 0.0807 e. The van der Waals surface area contributed by atoms with E-state index in [2.05, 4.69) is 24.3 Å². The van der Waals surface area contributed by atoms with Crippen molar-refractivity contribution in [2.24, 2.45) is 0 Å². The van der Waals surface area contributed by atoms with Crippen LogP contribution in [0.2, 0.25) is 0 Å². The van der Waals surface area contributed by atoms with Gasteiger partial charge < -0.3 is 0 Å². The lowest BCUT2D eigenvalue weighted by Crippen LogP contribution is -1.58. The summed E-state index contributed by atoms with van der Waals surface area (Å²) in [6.45, 7) is 0. The Balaban J connectivity index is 2.64. The molecular formula is C29H30. The molecule has 0 amide bonds. The van der Waals surface area contributed by atoms with Crippen LogP contribution in [-0.2, 0) is 0 Å². The Labute approximate surface area is 176 Å². The summed E-state index contributed by atoms with van der Waals surface area (Å²) in [7, 11) is 0. The fraction of sp³-hybridized carbons (Fsp3) is 0.0345. The Kier molecular flexibility index (Phi) is 16.7. The highest BCUT2D eigenvalue weighted by atomic mass is 13.8. The minimum absolute atomic E-state index is 0.920. The van der Waals surface area contributed by atoms with E-state index in [0.29, 0.717) is 0 Å². The summed E-state index contributed by atoms with van der Waals surface area (Å²) in [5.74, 6) is 0. The van der Waals surface area contributed by atoms with Crippen molar-refractivity contribution in [3.8, 4) is 0 Å². The Morgan fingerprint density at radius 3 is 0.483 bits per heavy atom. The zero-order valence-electron chi connectivity index (χ0n) is 16.9. The summed E-state index contributed by atoms with van der Waals surface area (Å²) in [4.78, 5) is 0. The second-order valence-electron chi connectivity index (χ2n) is 5.71. The van der Waals surface area contributed by atoms with Crippen LogP contribution < -0.4 is 0 Å². The summed E-state index contributed by atoms with van der Waals surface area (Å²) in [6, 6.07) is 0. The van der Waals surface area contributed by atoms with Crippen LogP contribution in [0.3, 0.4) is 0 Å². The first-order valence-corrected chi connectivity index (χ1v) is 9.82. The van der Waals surface area contributed by atoms with Crippen LogP contribution in [0.25, 0.3) is 0 Å². The summed E-state index contributed by atoms with van der Waals surface area (Å²) < 4.78 is 0. The van der Waals surface area contributed by atoms with E-state index < -0.39 is 0 Å². The van der Waals surface area contributed by atoms with Gasteiger partial charge in [0.25, 0.3) is 0 Å². The molecule has 1 aliphatic rings. The Morgan fingerprint density at radius 1 is 0.172 bits per heavy atom. The van der Waals surface area contributed by atoms with Crippen LogP contribution in [0.15, 0.2) is 170 Å². The maximum absolute atomic E-state index is 2.12. The van der Waals surface area contributed by atoms with E-state index in [0.717, 1.165) is 6.42 Å². The van der Waals surface area contributed by atoms with E-state index in [4.69, 9.17) is 0 Å². The van der Waals surface area contributed by atoms with Crippen molar-refractivity contribution in [2.75, 3.05) is 0 Å². The molecule has 0 saturated carbocycles. The lowest BCUT2D eigenvalue weighted by atomic mass is 10.3. The fourth-order valence-corrected chi connectivity index (χ4v) is 1.93. The predicted molar refractivity (Wildman–Crippen MR) is 133 cm³/mol. The zero-order chi connectivity index (χ0) is 20.5. The number of hydrogen-bond acceptors (Lipinski definition) is 0. The fourth-order valence-electron chi connectivity index (χ4n) is 1.93. The molecule has 0 aromatic heterocycles. The van der Waals surface area contributed by atoms with Crippen LogP contribution >= 0.6 is 0 Å². The molecule has 0 unspecified atom stereocenters. The zero-order valence-corrected chi connectivity index (χ0v) is 16.9. The van der Waals surface area contributed by atoms with Gasteiger partial charge in [-0.25, -0.2) is 0 Å². The van der Waals surface area contributed by atoms with Crippen molar-refractivity contribution in [2.45, 2.75) is 6.42 Å². The highest BCUT2D eigenvalue weighted by Crippen LogP contribution is 1.91. The lowest BCUT2D eigenvalue weighted by molar-refractivity contribution is 1.39. The second kappa shape index (κ2) is 20.7. The van der Waals surface area contributed by atoms with E-state index in [-0.39, 0.29) is 0 Å². The molecule has 0 aromatic rings. The Hall–Kier alpha value is -3.64. The summed E-state index contributed by atoms with van der Waals surface area (Å²) in [6.07, 6.45) is 57.5. The third-order valence-corrected chi connectivity index (χ3v) is 3.32.